The van der Waals surface area contributed by atoms with Crippen LogP contribution in [-0.2, 0) is 0 Å². The molecule has 0 spiro atoms. The van der Waals surface area contributed by atoms with Crippen LogP contribution in [0.2, 0.25) is 0 Å². The number of imidazole rings is 1. The van der Waals surface area contributed by atoms with E-state index >= 15 is 0 Å². The molecule has 31 heavy (non-hydrogen) atoms. The summed E-state index contributed by atoms with van der Waals surface area (Å²) in [6.45, 7) is 4.31. The molecule has 2 aliphatic rings. The molecule has 0 aliphatic heterocycles. The van der Waals surface area contributed by atoms with E-state index in [4.69, 9.17) is 0 Å². The van der Waals surface area contributed by atoms with Crippen molar-refractivity contribution in [3.63, 3.8) is 0 Å². The molecular formula is C24H28FN5O. The predicted molar refractivity (Wildman–Crippen MR) is 118 cm³/mol. The van der Waals surface area contributed by atoms with Crippen molar-refractivity contribution in [2.24, 2.45) is 10.8 Å². The Morgan fingerprint density at radius 2 is 1.97 bits per heavy atom. The molecule has 6 nitrogen and oxygen atoms in total. The predicted octanol–water partition coefficient (Wildman–Crippen LogP) is 4.78. The number of nitrogens with zero attached hydrogens (tertiary/aromatic N) is 5. The van der Waals surface area contributed by atoms with Crippen LogP contribution in [0.5, 0.6) is 5.75 Å². The van der Waals surface area contributed by atoms with Gasteiger partial charge in [0.25, 0.3) is 0 Å². The highest BCUT2D eigenvalue weighted by Crippen LogP contribution is 2.60. The first-order chi connectivity index (χ1) is 14.8. The maximum Gasteiger partial charge on any atom is 0.151 e. The third kappa shape index (κ3) is 3.46. The molecule has 0 amide bonds. The minimum absolute atomic E-state index is 0.0570. The minimum atomic E-state index is -0.724. The number of fused-ring (bicyclic) bond motifs is 2. The Morgan fingerprint density at radius 1 is 1.13 bits per heavy atom. The monoisotopic (exact) mass is 421 g/mol. The highest BCUT2D eigenvalue weighted by Gasteiger charge is 2.56. The van der Waals surface area contributed by atoms with Gasteiger partial charge in [-0.15, -0.1) is 10.2 Å². The van der Waals surface area contributed by atoms with Gasteiger partial charge in [0.1, 0.15) is 11.9 Å². The van der Waals surface area contributed by atoms with Crippen molar-refractivity contribution in [1.29, 1.82) is 0 Å². The molecule has 7 heteroatoms. The van der Waals surface area contributed by atoms with Gasteiger partial charge in [-0.3, -0.25) is 0 Å². The average Bonchev–Trinajstić information content (AvgIpc) is 3.32. The number of halogens is 1. The third-order valence-corrected chi connectivity index (χ3v) is 7.31. The molecule has 2 bridgehead atoms. The van der Waals surface area contributed by atoms with Gasteiger partial charge in [0.2, 0.25) is 0 Å². The topological polar surface area (TPSA) is 67.1 Å². The van der Waals surface area contributed by atoms with Crippen LogP contribution in [0.1, 0.15) is 39.5 Å². The van der Waals surface area contributed by atoms with E-state index in [-0.39, 0.29) is 22.6 Å². The standard InChI is InChI=1S/C24H28FN5O/c1-23-11-17(12-24(2,14-23)21(25)13-23)29(3)22-7-6-19(27-28-22)18-5-4-16(10-20(18)31)30-9-8-26-15-30/h4-10,15,17,21,31H,11-14H2,1-3H3/t17-,21+,23+,24+/m0/s1. The van der Waals surface area contributed by atoms with Gasteiger partial charge in [0.15, 0.2) is 5.82 Å². The summed E-state index contributed by atoms with van der Waals surface area (Å²) in [6, 6.07) is 9.48. The van der Waals surface area contributed by atoms with Crippen molar-refractivity contribution < 1.29 is 9.50 Å². The lowest BCUT2D eigenvalue weighted by Gasteiger charge is -2.44. The van der Waals surface area contributed by atoms with Gasteiger partial charge >= 0.3 is 0 Å². The molecule has 1 N–H and O–H groups in total. The number of hydrogen-bond donors (Lipinski definition) is 1. The lowest BCUT2D eigenvalue weighted by Crippen LogP contribution is -2.44. The Balaban J connectivity index is 1.36. The number of benzene rings is 1. The van der Waals surface area contributed by atoms with E-state index in [1.165, 1.54) is 0 Å². The fourth-order valence-electron chi connectivity index (χ4n) is 5.80. The van der Waals surface area contributed by atoms with Gasteiger partial charge in [0, 0.05) is 42.5 Å². The Labute approximate surface area is 181 Å². The molecule has 2 heterocycles. The summed E-state index contributed by atoms with van der Waals surface area (Å²) < 4.78 is 16.5. The zero-order valence-corrected chi connectivity index (χ0v) is 18.2. The number of alkyl halides is 1. The van der Waals surface area contributed by atoms with E-state index in [1.54, 1.807) is 18.6 Å². The third-order valence-electron chi connectivity index (χ3n) is 7.31. The molecule has 4 atom stereocenters. The van der Waals surface area contributed by atoms with E-state index in [0.717, 1.165) is 30.8 Å². The first-order valence-electron chi connectivity index (χ1n) is 10.8. The fourth-order valence-corrected chi connectivity index (χ4v) is 5.80. The van der Waals surface area contributed by atoms with Crippen LogP contribution in [0.4, 0.5) is 10.2 Å². The Morgan fingerprint density at radius 3 is 2.61 bits per heavy atom. The SMILES string of the molecule is CN(c1ccc(-c2ccc(-n3ccnc3)cc2O)nn1)[C@H]1C[C@]2(C)C[C@@H](F)[C@](C)(C1)C2. The lowest BCUT2D eigenvalue weighted by molar-refractivity contribution is 0.108. The Hall–Kier alpha value is -2.96. The largest absolute Gasteiger partial charge is 0.507 e. The number of aromatic nitrogens is 4. The molecule has 0 radical (unpaired) electrons. The van der Waals surface area contributed by atoms with Gasteiger partial charge in [0.05, 0.1) is 17.7 Å². The number of aromatic hydroxyl groups is 1. The van der Waals surface area contributed by atoms with E-state index in [9.17, 15) is 9.50 Å². The summed E-state index contributed by atoms with van der Waals surface area (Å²) in [5.41, 5.74) is 1.87. The molecule has 2 aromatic heterocycles. The second kappa shape index (κ2) is 7.04. The maximum absolute atomic E-state index is 14.7. The van der Waals surface area contributed by atoms with Crippen LogP contribution in [0, 0.1) is 10.8 Å². The number of rotatable bonds is 4. The minimum Gasteiger partial charge on any atom is -0.507 e. The molecule has 5 rings (SSSR count). The molecule has 2 aliphatic carbocycles. The second-order valence-corrected chi connectivity index (χ2v) is 9.93. The summed E-state index contributed by atoms with van der Waals surface area (Å²) in [4.78, 5) is 6.18. The second-order valence-electron chi connectivity index (χ2n) is 9.93. The molecule has 162 valence electrons. The number of anilines is 1. The van der Waals surface area contributed by atoms with Gasteiger partial charge in [-0.1, -0.05) is 13.8 Å². The highest BCUT2D eigenvalue weighted by molar-refractivity contribution is 5.69. The normalized spacial score (nSPS) is 29.8. The summed E-state index contributed by atoms with van der Waals surface area (Å²) in [6.07, 6.45) is 7.90. The van der Waals surface area contributed by atoms with Crippen LogP contribution in [-0.4, -0.2) is 44.1 Å². The summed E-state index contributed by atoms with van der Waals surface area (Å²) >= 11 is 0. The van der Waals surface area contributed by atoms with Crippen molar-refractivity contribution in [3.05, 3.63) is 49.1 Å². The molecule has 3 aromatic rings. The van der Waals surface area contributed by atoms with Crippen LogP contribution in [0.25, 0.3) is 16.9 Å². The quantitative estimate of drug-likeness (QED) is 0.657. The average molecular weight is 422 g/mol. The van der Waals surface area contributed by atoms with Crippen molar-refractivity contribution in [2.75, 3.05) is 11.9 Å². The summed E-state index contributed by atoms with van der Waals surface area (Å²) in [5, 5.41) is 19.3. The smallest absolute Gasteiger partial charge is 0.151 e. The van der Waals surface area contributed by atoms with Crippen molar-refractivity contribution >= 4 is 5.82 Å². The van der Waals surface area contributed by atoms with Crippen LogP contribution >= 0.6 is 0 Å². The van der Waals surface area contributed by atoms with Crippen LogP contribution < -0.4 is 4.90 Å². The van der Waals surface area contributed by atoms with Crippen molar-refractivity contribution in [1.82, 2.24) is 19.7 Å². The van der Waals surface area contributed by atoms with Gasteiger partial charge < -0.3 is 14.6 Å². The molecule has 1 aromatic carbocycles. The lowest BCUT2D eigenvalue weighted by atomic mass is 9.68. The zero-order valence-electron chi connectivity index (χ0n) is 18.2. The van der Waals surface area contributed by atoms with Crippen LogP contribution in [0.15, 0.2) is 49.1 Å². The van der Waals surface area contributed by atoms with Crippen molar-refractivity contribution in [3.8, 4) is 22.7 Å². The fraction of sp³-hybridized carbons (Fsp3) is 0.458. The molecule has 0 saturated heterocycles. The first-order valence-corrected chi connectivity index (χ1v) is 10.8. The first kappa shape index (κ1) is 20.0. The molecule has 0 unspecified atom stereocenters. The van der Waals surface area contributed by atoms with Gasteiger partial charge in [-0.25, -0.2) is 9.37 Å². The Kier molecular flexibility index (Phi) is 4.53. The number of phenols is 1. The van der Waals surface area contributed by atoms with Crippen molar-refractivity contribution in [2.45, 2.75) is 51.7 Å². The van der Waals surface area contributed by atoms with E-state index < -0.39 is 6.17 Å². The summed E-state index contributed by atoms with van der Waals surface area (Å²) in [7, 11) is 2.02. The van der Waals surface area contributed by atoms with Gasteiger partial charge in [-0.2, -0.15) is 0 Å². The van der Waals surface area contributed by atoms with Gasteiger partial charge in [-0.05, 0) is 55.4 Å². The van der Waals surface area contributed by atoms with E-state index in [1.807, 2.05) is 42.1 Å². The summed E-state index contributed by atoms with van der Waals surface area (Å²) in [5.74, 6) is 0.910. The molecular weight excluding hydrogens is 393 g/mol. The zero-order chi connectivity index (χ0) is 21.8. The number of hydrogen-bond acceptors (Lipinski definition) is 5. The molecule has 2 saturated carbocycles. The van der Waals surface area contributed by atoms with E-state index in [2.05, 4.69) is 33.9 Å². The highest BCUT2D eigenvalue weighted by atomic mass is 19.1. The number of phenolic OH excluding ortho intramolecular Hbond substituents is 1. The molecule has 2 fully saturated rings. The Bertz CT molecular complexity index is 1090. The van der Waals surface area contributed by atoms with Crippen LogP contribution in [0.3, 0.4) is 0 Å². The maximum atomic E-state index is 14.7. The van der Waals surface area contributed by atoms with E-state index in [0.29, 0.717) is 17.7 Å².